The number of rotatable bonds is 7. The van der Waals surface area contributed by atoms with Crippen LogP contribution in [0.2, 0.25) is 0 Å². The van der Waals surface area contributed by atoms with Crippen LogP contribution in [0.25, 0.3) is 16.2 Å². The molecule has 2 heterocycles. The van der Waals surface area contributed by atoms with Gasteiger partial charge in [-0.15, -0.1) is 11.3 Å². The van der Waals surface area contributed by atoms with Crippen LogP contribution in [0.4, 0.5) is 0 Å². The van der Waals surface area contributed by atoms with Gasteiger partial charge in [0.1, 0.15) is 24.7 Å². The molecular weight excluding hydrogens is 364 g/mol. The van der Waals surface area contributed by atoms with E-state index in [1.807, 2.05) is 60.0 Å². The van der Waals surface area contributed by atoms with Crippen LogP contribution in [0.5, 0.6) is 11.5 Å². The highest BCUT2D eigenvalue weighted by atomic mass is 32.1. The van der Waals surface area contributed by atoms with Gasteiger partial charge in [-0.05, 0) is 42.0 Å². The van der Waals surface area contributed by atoms with E-state index in [1.165, 1.54) is 17.5 Å². The summed E-state index contributed by atoms with van der Waals surface area (Å²) >= 11 is 1.41. The lowest BCUT2D eigenvalue weighted by molar-refractivity contribution is 0.0691. The Morgan fingerprint density at radius 1 is 1.00 bits per heavy atom. The summed E-state index contributed by atoms with van der Waals surface area (Å²) in [6.45, 7) is 0.907. The first-order chi connectivity index (χ1) is 13.2. The number of para-hydroxylation sites is 1. The Labute approximate surface area is 159 Å². The Hall–Kier alpha value is -3.32. The zero-order chi connectivity index (χ0) is 18.6. The number of fused-ring (bicyclic) bond motifs is 1. The number of aromatic nitrogens is 2. The van der Waals surface area contributed by atoms with Gasteiger partial charge in [0.2, 0.25) is 0 Å². The van der Waals surface area contributed by atoms with Crippen LogP contribution < -0.4 is 9.47 Å². The average Bonchev–Trinajstić information content (AvgIpc) is 3.28. The summed E-state index contributed by atoms with van der Waals surface area (Å²) in [6, 6.07) is 17.3. The van der Waals surface area contributed by atoms with Gasteiger partial charge in [0.15, 0.2) is 10.7 Å². The topological polar surface area (TPSA) is 73.1 Å². The standard InChI is InChI=1S/C20H16N2O4S/c23-19(24)17-12-22-18(13-27-20(22)21-17)14-6-8-16(9-7-14)26-11-10-25-15-4-2-1-3-5-15/h1-9,12-13H,10-11H2,(H,23,24). The molecular formula is C20H16N2O4S. The predicted molar refractivity (Wildman–Crippen MR) is 103 cm³/mol. The smallest absolute Gasteiger partial charge is 0.356 e. The van der Waals surface area contributed by atoms with Gasteiger partial charge < -0.3 is 14.6 Å². The molecule has 6 nitrogen and oxygen atoms in total. The van der Waals surface area contributed by atoms with Crippen molar-refractivity contribution < 1.29 is 19.4 Å². The van der Waals surface area contributed by atoms with E-state index in [1.54, 1.807) is 4.40 Å². The van der Waals surface area contributed by atoms with Crippen molar-refractivity contribution in [2.75, 3.05) is 13.2 Å². The number of thiazole rings is 1. The minimum Gasteiger partial charge on any atom is -0.490 e. The number of hydrogen-bond donors (Lipinski definition) is 1. The van der Waals surface area contributed by atoms with Crippen LogP contribution >= 0.6 is 11.3 Å². The molecule has 4 rings (SSSR count). The van der Waals surface area contributed by atoms with Gasteiger partial charge in [0, 0.05) is 11.6 Å². The largest absolute Gasteiger partial charge is 0.490 e. The summed E-state index contributed by atoms with van der Waals surface area (Å²) in [6.07, 6.45) is 1.54. The maximum atomic E-state index is 11.1. The molecule has 0 saturated heterocycles. The highest BCUT2D eigenvalue weighted by molar-refractivity contribution is 7.15. The average molecular weight is 380 g/mol. The number of carbonyl (C=O) groups is 1. The summed E-state index contributed by atoms with van der Waals surface area (Å²) < 4.78 is 13.1. The van der Waals surface area contributed by atoms with Gasteiger partial charge >= 0.3 is 5.97 Å². The summed E-state index contributed by atoms with van der Waals surface area (Å²) in [5.41, 5.74) is 1.90. The molecule has 0 aliphatic rings. The van der Waals surface area contributed by atoms with E-state index >= 15 is 0 Å². The van der Waals surface area contributed by atoms with Crippen molar-refractivity contribution in [2.24, 2.45) is 0 Å². The van der Waals surface area contributed by atoms with Crippen LogP contribution in [0.1, 0.15) is 10.5 Å². The minimum atomic E-state index is -1.03. The fourth-order valence-corrected chi connectivity index (χ4v) is 3.53. The normalized spacial score (nSPS) is 10.8. The molecule has 1 N–H and O–H groups in total. The fraction of sp³-hybridized carbons (Fsp3) is 0.100. The lowest BCUT2D eigenvalue weighted by Gasteiger charge is -2.09. The van der Waals surface area contributed by atoms with Gasteiger partial charge in [-0.3, -0.25) is 4.40 Å². The third-order valence-corrected chi connectivity index (χ3v) is 4.78. The van der Waals surface area contributed by atoms with Gasteiger partial charge in [0.05, 0.1) is 5.69 Å². The van der Waals surface area contributed by atoms with Crippen LogP contribution in [0.15, 0.2) is 66.2 Å². The van der Waals surface area contributed by atoms with Crippen molar-refractivity contribution in [3.8, 4) is 22.8 Å². The second-order valence-electron chi connectivity index (χ2n) is 5.74. The van der Waals surface area contributed by atoms with Gasteiger partial charge in [-0.2, -0.15) is 0 Å². The summed E-state index contributed by atoms with van der Waals surface area (Å²) in [7, 11) is 0. The molecule has 136 valence electrons. The number of carboxylic acids is 1. The fourth-order valence-electron chi connectivity index (χ4n) is 2.65. The van der Waals surface area contributed by atoms with E-state index in [-0.39, 0.29) is 5.69 Å². The second-order valence-corrected chi connectivity index (χ2v) is 6.58. The first-order valence-electron chi connectivity index (χ1n) is 8.32. The van der Waals surface area contributed by atoms with Gasteiger partial charge in [0.25, 0.3) is 0 Å². The van der Waals surface area contributed by atoms with E-state index in [0.29, 0.717) is 18.2 Å². The van der Waals surface area contributed by atoms with Crippen molar-refractivity contribution in [3.05, 3.63) is 71.9 Å². The molecule has 4 aromatic rings. The van der Waals surface area contributed by atoms with Crippen LogP contribution in [0, 0.1) is 0 Å². The molecule has 0 atom stereocenters. The van der Waals surface area contributed by atoms with Gasteiger partial charge in [-0.1, -0.05) is 18.2 Å². The SMILES string of the molecule is O=C(O)c1cn2c(-c3ccc(OCCOc4ccccc4)cc3)csc2n1. The van der Waals surface area contributed by atoms with Crippen LogP contribution in [-0.4, -0.2) is 33.7 Å². The van der Waals surface area contributed by atoms with E-state index in [4.69, 9.17) is 14.6 Å². The summed E-state index contributed by atoms with van der Waals surface area (Å²) in [5, 5.41) is 11.0. The Morgan fingerprint density at radius 2 is 1.67 bits per heavy atom. The molecule has 0 saturated carbocycles. The van der Waals surface area contributed by atoms with Crippen LogP contribution in [-0.2, 0) is 0 Å². The zero-order valence-electron chi connectivity index (χ0n) is 14.2. The number of hydrogen-bond acceptors (Lipinski definition) is 5. The molecule has 0 bridgehead atoms. The molecule has 0 fully saturated rings. The first kappa shape index (κ1) is 17.1. The monoisotopic (exact) mass is 380 g/mol. The van der Waals surface area contributed by atoms with E-state index in [9.17, 15) is 4.79 Å². The van der Waals surface area contributed by atoms with Crippen molar-refractivity contribution >= 4 is 22.3 Å². The maximum absolute atomic E-state index is 11.1. The lowest BCUT2D eigenvalue weighted by atomic mass is 10.1. The van der Waals surface area contributed by atoms with Crippen molar-refractivity contribution in [1.29, 1.82) is 0 Å². The second kappa shape index (κ2) is 7.51. The molecule has 2 aromatic carbocycles. The quantitative estimate of drug-likeness (QED) is 0.486. The predicted octanol–water partition coefficient (Wildman–Crippen LogP) is 4.22. The molecule has 2 aromatic heterocycles. The van der Waals surface area contributed by atoms with Crippen molar-refractivity contribution in [2.45, 2.75) is 0 Å². The third kappa shape index (κ3) is 3.78. The highest BCUT2D eigenvalue weighted by Crippen LogP contribution is 2.28. The number of aromatic carboxylic acids is 1. The zero-order valence-corrected chi connectivity index (χ0v) is 15.1. The highest BCUT2D eigenvalue weighted by Gasteiger charge is 2.13. The van der Waals surface area contributed by atoms with E-state index in [0.717, 1.165) is 22.8 Å². The van der Waals surface area contributed by atoms with Crippen molar-refractivity contribution in [3.63, 3.8) is 0 Å². The Bertz CT molecular complexity index is 1050. The summed E-state index contributed by atoms with van der Waals surface area (Å²) in [4.78, 5) is 15.8. The molecule has 7 heteroatoms. The van der Waals surface area contributed by atoms with E-state index in [2.05, 4.69) is 4.98 Å². The number of ether oxygens (including phenoxy) is 2. The number of carboxylic acid groups (broad SMARTS) is 1. The molecule has 0 radical (unpaired) electrons. The number of nitrogens with zero attached hydrogens (tertiary/aromatic N) is 2. The Morgan fingerprint density at radius 3 is 2.33 bits per heavy atom. The first-order valence-corrected chi connectivity index (χ1v) is 9.19. The summed E-state index contributed by atoms with van der Waals surface area (Å²) in [5.74, 6) is 0.538. The number of benzene rings is 2. The van der Waals surface area contributed by atoms with Gasteiger partial charge in [-0.25, -0.2) is 9.78 Å². The lowest BCUT2D eigenvalue weighted by Crippen LogP contribution is -2.08. The Balaban J connectivity index is 1.39. The van der Waals surface area contributed by atoms with Crippen LogP contribution in [0.3, 0.4) is 0 Å². The molecule has 0 aliphatic heterocycles. The molecule has 27 heavy (non-hydrogen) atoms. The molecule has 0 amide bonds. The van der Waals surface area contributed by atoms with E-state index < -0.39 is 5.97 Å². The molecule has 0 spiro atoms. The third-order valence-electron chi connectivity index (χ3n) is 3.94. The van der Waals surface area contributed by atoms with Crippen molar-refractivity contribution in [1.82, 2.24) is 9.38 Å². The molecule has 0 unspecified atom stereocenters. The molecule has 0 aliphatic carbocycles. The minimum absolute atomic E-state index is 0.0430. The number of imidazole rings is 1. The Kier molecular flexibility index (Phi) is 4.76. The maximum Gasteiger partial charge on any atom is 0.356 e.